The normalized spacial score (nSPS) is 9.91. The summed E-state index contributed by atoms with van der Waals surface area (Å²) in [5, 5.41) is 10.1. The van der Waals surface area contributed by atoms with Crippen molar-refractivity contribution in [3.05, 3.63) is 41.5 Å². The van der Waals surface area contributed by atoms with Gasteiger partial charge in [0, 0.05) is 11.1 Å². The highest BCUT2D eigenvalue weighted by Crippen LogP contribution is 2.41. The standard InChI is InChI=1S/C16H14O6/c1-20-12-4-3-10(8-17)5-13(12)22-15-7-11(9-18)6-14(21-2)16(15)19/h3-9,19H,1-2H3. The molecule has 0 aliphatic carbocycles. The molecule has 2 aromatic rings. The zero-order valence-corrected chi connectivity index (χ0v) is 12.0. The Hall–Kier alpha value is -3.02. The van der Waals surface area contributed by atoms with Gasteiger partial charge in [-0.1, -0.05) is 0 Å². The molecule has 0 heterocycles. The number of carbonyl (C=O) groups is 2. The van der Waals surface area contributed by atoms with Crippen LogP contribution in [-0.4, -0.2) is 31.9 Å². The van der Waals surface area contributed by atoms with Gasteiger partial charge in [-0.15, -0.1) is 0 Å². The molecule has 1 N–H and O–H groups in total. The minimum atomic E-state index is -0.258. The fourth-order valence-corrected chi connectivity index (χ4v) is 1.87. The van der Waals surface area contributed by atoms with Crippen molar-refractivity contribution in [2.75, 3.05) is 14.2 Å². The van der Waals surface area contributed by atoms with E-state index in [4.69, 9.17) is 14.2 Å². The molecule has 0 amide bonds. The van der Waals surface area contributed by atoms with E-state index in [1.807, 2.05) is 0 Å². The predicted octanol–water partition coefficient (Wildman–Crippen LogP) is 2.83. The summed E-state index contributed by atoms with van der Waals surface area (Å²) in [5.41, 5.74) is 0.656. The van der Waals surface area contributed by atoms with Crippen molar-refractivity contribution in [1.82, 2.24) is 0 Å². The van der Waals surface area contributed by atoms with Crippen molar-refractivity contribution in [3.63, 3.8) is 0 Å². The van der Waals surface area contributed by atoms with E-state index in [1.165, 1.54) is 32.4 Å². The van der Waals surface area contributed by atoms with Crippen molar-refractivity contribution < 1.29 is 28.9 Å². The van der Waals surface area contributed by atoms with Crippen LogP contribution in [0.5, 0.6) is 28.7 Å². The van der Waals surface area contributed by atoms with E-state index >= 15 is 0 Å². The second-order valence-corrected chi connectivity index (χ2v) is 4.32. The molecule has 0 spiro atoms. The summed E-state index contributed by atoms with van der Waals surface area (Å²) < 4.78 is 15.7. The number of rotatable bonds is 6. The average Bonchev–Trinajstić information content (AvgIpc) is 2.56. The third kappa shape index (κ3) is 3.01. The highest BCUT2D eigenvalue weighted by molar-refractivity contribution is 5.79. The lowest BCUT2D eigenvalue weighted by Gasteiger charge is -2.14. The number of methoxy groups -OCH3 is 2. The van der Waals surface area contributed by atoms with Gasteiger partial charge >= 0.3 is 0 Å². The van der Waals surface area contributed by atoms with Gasteiger partial charge in [0.1, 0.15) is 12.6 Å². The molecule has 0 saturated carbocycles. The van der Waals surface area contributed by atoms with Crippen molar-refractivity contribution >= 4 is 12.6 Å². The van der Waals surface area contributed by atoms with Crippen molar-refractivity contribution in [3.8, 4) is 28.7 Å². The summed E-state index contributed by atoms with van der Waals surface area (Å²) in [6.45, 7) is 0. The van der Waals surface area contributed by atoms with Crippen molar-refractivity contribution in [2.45, 2.75) is 0 Å². The predicted molar refractivity (Wildman–Crippen MR) is 78.5 cm³/mol. The van der Waals surface area contributed by atoms with Gasteiger partial charge in [0.25, 0.3) is 0 Å². The number of hydrogen-bond donors (Lipinski definition) is 1. The number of phenolic OH excluding ortho intramolecular Hbond substituents is 1. The van der Waals surface area contributed by atoms with E-state index < -0.39 is 0 Å². The largest absolute Gasteiger partial charge is 0.502 e. The molecule has 22 heavy (non-hydrogen) atoms. The fraction of sp³-hybridized carbons (Fsp3) is 0.125. The first kappa shape index (κ1) is 15.4. The van der Waals surface area contributed by atoms with Crippen LogP contribution < -0.4 is 14.2 Å². The van der Waals surface area contributed by atoms with Crippen LogP contribution in [0.4, 0.5) is 0 Å². The number of aldehydes is 2. The van der Waals surface area contributed by atoms with Gasteiger partial charge in [-0.05, 0) is 30.3 Å². The summed E-state index contributed by atoms with van der Waals surface area (Å²) in [6, 6.07) is 7.34. The maximum absolute atomic E-state index is 11.0. The molecule has 0 bridgehead atoms. The number of benzene rings is 2. The van der Waals surface area contributed by atoms with Gasteiger partial charge in [-0.3, -0.25) is 9.59 Å². The van der Waals surface area contributed by atoms with Crippen LogP contribution in [0, 0.1) is 0 Å². The Bertz CT molecular complexity index is 708. The van der Waals surface area contributed by atoms with E-state index in [9.17, 15) is 14.7 Å². The quantitative estimate of drug-likeness (QED) is 0.826. The smallest absolute Gasteiger partial charge is 0.201 e. The maximum Gasteiger partial charge on any atom is 0.201 e. The van der Waals surface area contributed by atoms with E-state index in [2.05, 4.69) is 0 Å². The molecular formula is C16H14O6. The molecule has 2 aromatic carbocycles. The molecule has 0 radical (unpaired) electrons. The molecule has 114 valence electrons. The second kappa shape index (κ2) is 6.62. The number of ether oxygens (including phenoxy) is 3. The van der Waals surface area contributed by atoms with Crippen LogP contribution in [0.25, 0.3) is 0 Å². The minimum Gasteiger partial charge on any atom is -0.502 e. The molecule has 0 unspecified atom stereocenters. The van der Waals surface area contributed by atoms with Crippen molar-refractivity contribution in [2.24, 2.45) is 0 Å². The Balaban J connectivity index is 2.50. The Morgan fingerprint density at radius 3 is 2.00 bits per heavy atom. The molecule has 0 aromatic heterocycles. The summed E-state index contributed by atoms with van der Waals surface area (Å²) >= 11 is 0. The summed E-state index contributed by atoms with van der Waals surface area (Å²) in [7, 11) is 2.81. The van der Waals surface area contributed by atoms with Crippen LogP contribution in [-0.2, 0) is 0 Å². The van der Waals surface area contributed by atoms with Gasteiger partial charge in [0.2, 0.25) is 5.75 Å². The molecule has 6 heteroatoms. The van der Waals surface area contributed by atoms with Gasteiger partial charge in [0.05, 0.1) is 14.2 Å². The van der Waals surface area contributed by atoms with Gasteiger partial charge in [-0.25, -0.2) is 0 Å². The summed E-state index contributed by atoms with van der Waals surface area (Å²) in [4.78, 5) is 21.8. The SMILES string of the molecule is COc1ccc(C=O)cc1Oc1cc(C=O)cc(OC)c1O. The van der Waals surface area contributed by atoms with Crippen molar-refractivity contribution in [1.29, 1.82) is 0 Å². The molecule has 0 aliphatic heterocycles. The molecule has 0 atom stereocenters. The maximum atomic E-state index is 11.0. The summed E-state index contributed by atoms with van der Waals surface area (Å²) in [5.74, 6) is 0.465. The molecule has 0 saturated heterocycles. The molecule has 0 aliphatic rings. The lowest BCUT2D eigenvalue weighted by molar-refractivity contribution is 0.111. The lowest BCUT2D eigenvalue weighted by atomic mass is 10.2. The van der Waals surface area contributed by atoms with Crippen LogP contribution in [0.2, 0.25) is 0 Å². The molecular weight excluding hydrogens is 288 g/mol. The van der Waals surface area contributed by atoms with Crippen LogP contribution >= 0.6 is 0 Å². The van der Waals surface area contributed by atoms with Gasteiger partial charge in [0.15, 0.2) is 23.0 Å². The second-order valence-electron chi connectivity index (χ2n) is 4.32. The van der Waals surface area contributed by atoms with Crippen LogP contribution in [0.3, 0.4) is 0 Å². The van der Waals surface area contributed by atoms with E-state index in [1.54, 1.807) is 12.1 Å². The highest BCUT2D eigenvalue weighted by atomic mass is 16.5. The molecule has 6 nitrogen and oxygen atoms in total. The first-order valence-electron chi connectivity index (χ1n) is 6.30. The molecule has 2 rings (SSSR count). The third-order valence-corrected chi connectivity index (χ3v) is 2.96. The Morgan fingerprint density at radius 1 is 0.818 bits per heavy atom. The monoisotopic (exact) mass is 302 g/mol. The zero-order valence-electron chi connectivity index (χ0n) is 12.0. The van der Waals surface area contributed by atoms with E-state index in [0.717, 1.165) is 0 Å². The zero-order chi connectivity index (χ0) is 16.1. The Kier molecular flexibility index (Phi) is 4.63. The summed E-state index contributed by atoms with van der Waals surface area (Å²) in [6.07, 6.45) is 1.27. The Labute approximate surface area is 126 Å². The van der Waals surface area contributed by atoms with E-state index in [-0.39, 0.29) is 28.6 Å². The topological polar surface area (TPSA) is 82.1 Å². The fourth-order valence-electron chi connectivity index (χ4n) is 1.87. The minimum absolute atomic E-state index is 0.0165. The third-order valence-electron chi connectivity index (χ3n) is 2.96. The van der Waals surface area contributed by atoms with Crippen LogP contribution in [0.1, 0.15) is 20.7 Å². The highest BCUT2D eigenvalue weighted by Gasteiger charge is 2.15. The molecule has 0 fully saturated rings. The lowest BCUT2D eigenvalue weighted by Crippen LogP contribution is -1.95. The number of hydrogen-bond acceptors (Lipinski definition) is 6. The first-order valence-corrected chi connectivity index (χ1v) is 6.30. The number of aromatic hydroxyl groups is 1. The number of phenols is 1. The first-order chi connectivity index (χ1) is 10.6. The van der Waals surface area contributed by atoms with Gasteiger partial charge in [-0.2, -0.15) is 0 Å². The number of carbonyl (C=O) groups excluding carboxylic acids is 2. The van der Waals surface area contributed by atoms with E-state index in [0.29, 0.717) is 23.9 Å². The average molecular weight is 302 g/mol. The van der Waals surface area contributed by atoms with Crippen LogP contribution in [0.15, 0.2) is 30.3 Å². The Morgan fingerprint density at radius 2 is 1.41 bits per heavy atom. The van der Waals surface area contributed by atoms with Gasteiger partial charge < -0.3 is 19.3 Å².